The Morgan fingerprint density at radius 1 is 1.53 bits per heavy atom. The first-order chi connectivity index (χ1) is 7.97. The molecule has 1 fully saturated rings. The molecule has 2 bridgehead atoms. The smallest absolute Gasteiger partial charge is 0.146 e. The summed E-state index contributed by atoms with van der Waals surface area (Å²) in [5.74, 6) is 1.68. The number of carbonyl (C=O) groups excluding carboxylic acids is 1. The minimum atomic E-state index is 0.0566. The SMILES string of the molecule is CC1=C(C=O)[C@H]2C(CO)[C@]1(C)CC[C@@H]2C(C)C. The van der Waals surface area contributed by atoms with Crippen LogP contribution in [-0.4, -0.2) is 18.0 Å². The fourth-order valence-electron chi connectivity index (χ4n) is 4.25. The van der Waals surface area contributed by atoms with Crippen LogP contribution >= 0.6 is 0 Å². The van der Waals surface area contributed by atoms with Crippen molar-refractivity contribution in [3.63, 3.8) is 0 Å². The lowest BCUT2D eigenvalue weighted by Crippen LogP contribution is -2.40. The minimum absolute atomic E-state index is 0.0566. The molecule has 1 saturated carbocycles. The number of aldehydes is 1. The molecule has 4 atom stereocenters. The average molecular weight is 236 g/mol. The lowest BCUT2D eigenvalue weighted by Gasteiger charge is -2.45. The molecule has 2 aliphatic carbocycles. The number of allylic oxidation sites excluding steroid dienone is 2. The number of hydrogen-bond donors (Lipinski definition) is 1. The topological polar surface area (TPSA) is 37.3 Å². The van der Waals surface area contributed by atoms with E-state index in [2.05, 4.69) is 27.7 Å². The van der Waals surface area contributed by atoms with E-state index in [1.165, 1.54) is 12.0 Å². The van der Waals surface area contributed by atoms with Crippen molar-refractivity contribution in [1.82, 2.24) is 0 Å². The van der Waals surface area contributed by atoms with Gasteiger partial charge in [-0.25, -0.2) is 0 Å². The van der Waals surface area contributed by atoms with E-state index in [0.717, 1.165) is 18.3 Å². The molecule has 1 N–H and O–H groups in total. The van der Waals surface area contributed by atoms with Crippen LogP contribution in [0.5, 0.6) is 0 Å². The van der Waals surface area contributed by atoms with Crippen LogP contribution in [0.25, 0.3) is 0 Å². The first kappa shape index (κ1) is 12.8. The second-order valence-electron chi connectivity index (χ2n) is 6.38. The monoisotopic (exact) mass is 236 g/mol. The highest BCUT2D eigenvalue weighted by molar-refractivity contribution is 5.77. The Kier molecular flexibility index (Phi) is 3.19. The lowest BCUT2D eigenvalue weighted by molar-refractivity contribution is -0.105. The van der Waals surface area contributed by atoms with Gasteiger partial charge in [0.2, 0.25) is 0 Å². The van der Waals surface area contributed by atoms with Crippen LogP contribution in [0.4, 0.5) is 0 Å². The third kappa shape index (κ3) is 1.61. The summed E-state index contributed by atoms with van der Waals surface area (Å²) < 4.78 is 0. The molecule has 1 unspecified atom stereocenters. The molecule has 0 radical (unpaired) electrons. The molecule has 2 rings (SSSR count). The van der Waals surface area contributed by atoms with Crippen molar-refractivity contribution >= 4 is 6.29 Å². The van der Waals surface area contributed by atoms with Gasteiger partial charge in [-0.2, -0.15) is 0 Å². The molecular weight excluding hydrogens is 212 g/mol. The Hall–Kier alpha value is -0.630. The van der Waals surface area contributed by atoms with Gasteiger partial charge in [0.25, 0.3) is 0 Å². The summed E-state index contributed by atoms with van der Waals surface area (Å²) in [4.78, 5) is 11.4. The Morgan fingerprint density at radius 3 is 2.65 bits per heavy atom. The zero-order chi connectivity index (χ0) is 12.8. The second-order valence-corrected chi connectivity index (χ2v) is 6.38. The number of carbonyl (C=O) groups is 1. The molecule has 96 valence electrons. The summed E-state index contributed by atoms with van der Waals surface area (Å²) in [6.07, 6.45) is 3.35. The van der Waals surface area contributed by atoms with Crippen LogP contribution in [0.2, 0.25) is 0 Å². The molecule has 17 heavy (non-hydrogen) atoms. The number of fused-ring (bicyclic) bond motifs is 2. The van der Waals surface area contributed by atoms with Gasteiger partial charge >= 0.3 is 0 Å². The fraction of sp³-hybridized carbons (Fsp3) is 0.800. The molecule has 0 aromatic rings. The maximum absolute atomic E-state index is 11.4. The van der Waals surface area contributed by atoms with Gasteiger partial charge in [-0.1, -0.05) is 26.3 Å². The van der Waals surface area contributed by atoms with Crippen LogP contribution in [0.1, 0.15) is 40.5 Å². The third-order valence-corrected chi connectivity index (χ3v) is 5.54. The number of aliphatic hydroxyl groups is 1. The van der Waals surface area contributed by atoms with E-state index < -0.39 is 0 Å². The summed E-state index contributed by atoms with van der Waals surface area (Å²) in [7, 11) is 0. The Labute approximate surface area is 104 Å². The number of rotatable bonds is 3. The number of hydrogen-bond acceptors (Lipinski definition) is 2. The van der Waals surface area contributed by atoms with E-state index in [1.807, 2.05) is 0 Å². The maximum Gasteiger partial charge on any atom is 0.146 e. The van der Waals surface area contributed by atoms with Crippen LogP contribution < -0.4 is 0 Å². The molecule has 2 aliphatic rings. The fourth-order valence-corrected chi connectivity index (χ4v) is 4.25. The minimum Gasteiger partial charge on any atom is -0.396 e. The van der Waals surface area contributed by atoms with Gasteiger partial charge in [0.05, 0.1) is 0 Å². The average Bonchev–Trinajstić information content (AvgIpc) is 2.41. The molecule has 0 aromatic carbocycles. The molecule has 0 aliphatic heterocycles. The van der Waals surface area contributed by atoms with Gasteiger partial charge in [-0.15, -0.1) is 0 Å². The van der Waals surface area contributed by atoms with Gasteiger partial charge in [0, 0.05) is 6.61 Å². The van der Waals surface area contributed by atoms with E-state index in [9.17, 15) is 9.90 Å². The predicted molar refractivity (Wildman–Crippen MR) is 68.5 cm³/mol. The van der Waals surface area contributed by atoms with Crippen molar-refractivity contribution in [2.75, 3.05) is 6.61 Å². The second kappa shape index (κ2) is 4.24. The Bertz CT molecular complexity index is 356. The van der Waals surface area contributed by atoms with Crippen LogP contribution in [0, 0.1) is 29.1 Å². The van der Waals surface area contributed by atoms with Gasteiger partial charge in [0.1, 0.15) is 6.29 Å². The summed E-state index contributed by atoms with van der Waals surface area (Å²) in [5, 5.41) is 9.73. The first-order valence-corrected chi connectivity index (χ1v) is 6.74. The molecule has 0 saturated heterocycles. The highest BCUT2D eigenvalue weighted by Gasteiger charge is 2.54. The highest BCUT2D eigenvalue weighted by atomic mass is 16.3. The lowest BCUT2D eigenvalue weighted by atomic mass is 9.60. The van der Waals surface area contributed by atoms with Crippen molar-refractivity contribution in [1.29, 1.82) is 0 Å². The standard InChI is InChI=1S/C15H24O2/c1-9(2)11-5-6-15(4)10(3)12(7-16)14(11)13(15)8-17/h7,9,11,13-14,17H,5-6,8H2,1-4H3/t11-,13?,14+,15-/m1/s1. The zero-order valence-corrected chi connectivity index (χ0v) is 11.4. The Morgan fingerprint density at radius 2 is 2.18 bits per heavy atom. The third-order valence-electron chi connectivity index (χ3n) is 5.54. The van der Waals surface area contributed by atoms with Crippen LogP contribution in [0.3, 0.4) is 0 Å². The van der Waals surface area contributed by atoms with Crippen molar-refractivity contribution in [3.05, 3.63) is 11.1 Å². The summed E-state index contributed by atoms with van der Waals surface area (Å²) in [6.45, 7) is 8.99. The van der Waals surface area contributed by atoms with Gasteiger partial charge in [-0.3, -0.25) is 4.79 Å². The summed E-state index contributed by atoms with van der Waals surface area (Å²) in [6, 6.07) is 0. The largest absolute Gasteiger partial charge is 0.396 e. The quantitative estimate of drug-likeness (QED) is 0.765. The normalized spacial score (nSPS) is 41.2. The molecule has 0 heterocycles. The van der Waals surface area contributed by atoms with Gasteiger partial charge in [0.15, 0.2) is 0 Å². The molecule has 2 heteroatoms. The van der Waals surface area contributed by atoms with Gasteiger partial charge < -0.3 is 5.11 Å². The van der Waals surface area contributed by atoms with Crippen molar-refractivity contribution in [2.24, 2.45) is 29.1 Å². The maximum atomic E-state index is 11.4. The molecular formula is C15H24O2. The molecule has 0 amide bonds. The molecule has 2 nitrogen and oxygen atoms in total. The van der Waals surface area contributed by atoms with E-state index in [0.29, 0.717) is 11.8 Å². The summed E-state index contributed by atoms with van der Waals surface area (Å²) >= 11 is 0. The van der Waals surface area contributed by atoms with E-state index in [4.69, 9.17) is 0 Å². The van der Waals surface area contributed by atoms with E-state index >= 15 is 0 Å². The zero-order valence-electron chi connectivity index (χ0n) is 11.4. The Balaban J connectivity index is 2.47. The van der Waals surface area contributed by atoms with Crippen molar-refractivity contribution in [3.8, 4) is 0 Å². The van der Waals surface area contributed by atoms with E-state index in [1.54, 1.807) is 0 Å². The molecule has 0 spiro atoms. The van der Waals surface area contributed by atoms with Crippen LogP contribution in [0.15, 0.2) is 11.1 Å². The van der Waals surface area contributed by atoms with Crippen molar-refractivity contribution in [2.45, 2.75) is 40.5 Å². The summed E-state index contributed by atoms with van der Waals surface area (Å²) in [5.41, 5.74) is 2.28. The highest BCUT2D eigenvalue weighted by Crippen LogP contribution is 2.60. The van der Waals surface area contributed by atoms with Crippen LogP contribution in [-0.2, 0) is 4.79 Å². The van der Waals surface area contributed by atoms with E-state index in [-0.39, 0.29) is 23.9 Å². The first-order valence-electron chi connectivity index (χ1n) is 6.74. The molecule has 0 aromatic heterocycles. The van der Waals surface area contributed by atoms with Crippen molar-refractivity contribution < 1.29 is 9.90 Å². The number of aliphatic hydroxyl groups excluding tert-OH is 1. The van der Waals surface area contributed by atoms with Gasteiger partial charge in [-0.05, 0) is 54.4 Å². The predicted octanol–water partition coefficient (Wildman–Crippen LogP) is 2.81.